The Morgan fingerprint density at radius 3 is 3.15 bits per heavy atom. The van der Waals surface area contributed by atoms with E-state index in [2.05, 4.69) is 33.8 Å². The molecule has 1 aromatic carbocycles. The van der Waals surface area contributed by atoms with Crippen molar-refractivity contribution in [3.8, 4) is 11.3 Å². The van der Waals surface area contributed by atoms with Crippen LogP contribution in [0.15, 0.2) is 36.8 Å². The molecule has 0 radical (unpaired) electrons. The quantitative estimate of drug-likeness (QED) is 0.864. The van der Waals surface area contributed by atoms with Crippen LogP contribution >= 0.6 is 0 Å². The molecule has 2 aromatic rings. The van der Waals surface area contributed by atoms with Gasteiger partial charge < -0.3 is 14.4 Å². The summed E-state index contributed by atoms with van der Waals surface area (Å²) >= 11 is 0. The summed E-state index contributed by atoms with van der Waals surface area (Å²) in [4.78, 5) is 4.28. The molecule has 0 bridgehead atoms. The Morgan fingerprint density at radius 2 is 2.20 bits per heavy atom. The minimum atomic E-state index is -0.316. The molecule has 0 spiro atoms. The second kappa shape index (κ2) is 4.72. The van der Waals surface area contributed by atoms with E-state index in [1.165, 1.54) is 11.1 Å². The third-order valence-corrected chi connectivity index (χ3v) is 4.52. The molecule has 0 amide bonds. The van der Waals surface area contributed by atoms with E-state index in [4.69, 9.17) is 4.74 Å². The summed E-state index contributed by atoms with van der Waals surface area (Å²) in [7, 11) is 0. The summed E-state index contributed by atoms with van der Waals surface area (Å²) in [6.07, 6.45) is 5.21. The highest BCUT2D eigenvalue weighted by Crippen LogP contribution is 2.44. The van der Waals surface area contributed by atoms with E-state index >= 15 is 0 Å². The fraction of sp³-hybridized carbons (Fsp3) is 0.438. The van der Waals surface area contributed by atoms with Gasteiger partial charge in [-0.05, 0) is 18.4 Å². The van der Waals surface area contributed by atoms with Crippen molar-refractivity contribution in [2.24, 2.45) is 5.92 Å². The fourth-order valence-corrected chi connectivity index (χ4v) is 3.55. The number of fused-ring (bicyclic) bond motifs is 3. The number of rotatable bonds is 1. The molecule has 1 fully saturated rings. The SMILES string of the molecule is O[C@@H]1CCCOC[C@@H]1[C@H]1c2ccccc2-c2cncn21. The number of ether oxygens (including phenoxy) is 1. The topological polar surface area (TPSA) is 47.3 Å². The zero-order valence-electron chi connectivity index (χ0n) is 11.3. The molecule has 2 aliphatic rings. The Labute approximate surface area is 118 Å². The van der Waals surface area contributed by atoms with E-state index < -0.39 is 0 Å². The molecule has 4 rings (SSSR count). The van der Waals surface area contributed by atoms with Gasteiger partial charge >= 0.3 is 0 Å². The van der Waals surface area contributed by atoms with Crippen molar-refractivity contribution in [2.75, 3.05) is 13.2 Å². The van der Waals surface area contributed by atoms with Crippen LogP contribution in [0.25, 0.3) is 11.3 Å². The number of hydrogen-bond acceptors (Lipinski definition) is 3. The first-order valence-electron chi connectivity index (χ1n) is 7.23. The van der Waals surface area contributed by atoms with E-state index in [0.717, 1.165) is 25.1 Å². The van der Waals surface area contributed by atoms with Gasteiger partial charge in [0.1, 0.15) is 0 Å². The predicted octanol–water partition coefficient (Wildman–Crippen LogP) is 2.24. The molecule has 4 nitrogen and oxygen atoms in total. The minimum Gasteiger partial charge on any atom is -0.393 e. The number of imidazole rings is 1. The number of aromatic nitrogens is 2. The van der Waals surface area contributed by atoms with Gasteiger partial charge in [0.25, 0.3) is 0 Å². The second-order valence-corrected chi connectivity index (χ2v) is 5.67. The number of benzene rings is 1. The molecule has 0 aliphatic carbocycles. The zero-order chi connectivity index (χ0) is 13.5. The minimum absolute atomic E-state index is 0.0918. The van der Waals surface area contributed by atoms with Crippen LogP contribution in [0.4, 0.5) is 0 Å². The first kappa shape index (κ1) is 12.1. The van der Waals surface area contributed by atoms with Crippen molar-refractivity contribution < 1.29 is 9.84 Å². The molecule has 0 unspecified atom stereocenters. The first-order chi connectivity index (χ1) is 9.86. The maximum absolute atomic E-state index is 10.5. The van der Waals surface area contributed by atoms with Crippen molar-refractivity contribution in [2.45, 2.75) is 25.0 Å². The van der Waals surface area contributed by atoms with E-state index in [0.29, 0.717) is 6.61 Å². The summed E-state index contributed by atoms with van der Waals surface area (Å²) in [6, 6.07) is 8.54. The van der Waals surface area contributed by atoms with Crippen molar-refractivity contribution in [1.82, 2.24) is 9.55 Å². The second-order valence-electron chi connectivity index (χ2n) is 5.67. The number of aliphatic hydroxyl groups excluding tert-OH is 1. The van der Waals surface area contributed by atoms with Crippen molar-refractivity contribution in [3.05, 3.63) is 42.4 Å². The van der Waals surface area contributed by atoms with E-state index in [1.807, 2.05) is 12.5 Å². The van der Waals surface area contributed by atoms with Crippen LogP contribution in [0.5, 0.6) is 0 Å². The Morgan fingerprint density at radius 1 is 1.30 bits per heavy atom. The zero-order valence-corrected chi connectivity index (χ0v) is 11.3. The first-order valence-corrected chi connectivity index (χ1v) is 7.23. The number of aliphatic hydroxyl groups is 1. The monoisotopic (exact) mass is 270 g/mol. The van der Waals surface area contributed by atoms with Gasteiger partial charge in [0.2, 0.25) is 0 Å². The van der Waals surface area contributed by atoms with Crippen molar-refractivity contribution >= 4 is 0 Å². The standard InChI is InChI=1S/C16H18N2O2/c19-15-6-3-7-20-9-13(15)16-12-5-2-1-4-11(12)14-8-17-10-18(14)16/h1-2,4-5,8,10,13,15-16,19H,3,6-7,9H2/t13-,15+,16+/m0/s1. The lowest BCUT2D eigenvalue weighted by Crippen LogP contribution is -2.31. The fourth-order valence-electron chi connectivity index (χ4n) is 3.55. The highest BCUT2D eigenvalue weighted by atomic mass is 16.5. The predicted molar refractivity (Wildman–Crippen MR) is 75.4 cm³/mol. The largest absolute Gasteiger partial charge is 0.393 e. The number of nitrogens with zero attached hydrogens (tertiary/aromatic N) is 2. The summed E-state index contributed by atoms with van der Waals surface area (Å²) in [5.41, 5.74) is 3.65. The van der Waals surface area contributed by atoms with E-state index in [1.54, 1.807) is 0 Å². The van der Waals surface area contributed by atoms with E-state index in [-0.39, 0.29) is 18.1 Å². The Kier molecular flexibility index (Phi) is 2.86. The lowest BCUT2D eigenvalue weighted by atomic mass is 9.87. The molecule has 1 saturated heterocycles. The summed E-state index contributed by atoms with van der Waals surface area (Å²) in [5, 5.41) is 10.5. The van der Waals surface area contributed by atoms with Crippen LogP contribution in [-0.4, -0.2) is 34.0 Å². The van der Waals surface area contributed by atoms with Gasteiger partial charge in [0.15, 0.2) is 0 Å². The molecule has 2 aliphatic heterocycles. The molecule has 20 heavy (non-hydrogen) atoms. The van der Waals surface area contributed by atoms with Gasteiger partial charge in [-0.25, -0.2) is 4.98 Å². The van der Waals surface area contributed by atoms with Gasteiger partial charge in [0, 0.05) is 18.1 Å². The van der Waals surface area contributed by atoms with Crippen LogP contribution in [0.2, 0.25) is 0 Å². The molecule has 1 N–H and O–H groups in total. The van der Waals surface area contributed by atoms with Gasteiger partial charge in [-0.15, -0.1) is 0 Å². The van der Waals surface area contributed by atoms with Gasteiger partial charge in [-0.1, -0.05) is 24.3 Å². The van der Waals surface area contributed by atoms with Crippen LogP contribution in [0.1, 0.15) is 24.4 Å². The average Bonchev–Trinajstić information content (AvgIpc) is 2.97. The van der Waals surface area contributed by atoms with Gasteiger partial charge in [0.05, 0.1) is 37.0 Å². The smallest absolute Gasteiger partial charge is 0.0956 e. The highest BCUT2D eigenvalue weighted by molar-refractivity contribution is 5.69. The molecule has 3 atom stereocenters. The average molecular weight is 270 g/mol. The van der Waals surface area contributed by atoms with Crippen LogP contribution < -0.4 is 0 Å². The normalized spacial score (nSPS) is 28.8. The van der Waals surface area contributed by atoms with Crippen LogP contribution in [-0.2, 0) is 4.74 Å². The molecule has 0 saturated carbocycles. The Bertz CT molecular complexity index is 622. The summed E-state index contributed by atoms with van der Waals surface area (Å²) < 4.78 is 7.89. The van der Waals surface area contributed by atoms with Crippen LogP contribution in [0.3, 0.4) is 0 Å². The maximum atomic E-state index is 10.5. The lowest BCUT2D eigenvalue weighted by Gasteiger charge is -2.28. The van der Waals surface area contributed by atoms with E-state index in [9.17, 15) is 5.11 Å². The molecule has 3 heterocycles. The lowest BCUT2D eigenvalue weighted by molar-refractivity contribution is 0.0395. The molecule has 104 valence electrons. The highest BCUT2D eigenvalue weighted by Gasteiger charge is 2.38. The van der Waals surface area contributed by atoms with Crippen molar-refractivity contribution in [1.29, 1.82) is 0 Å². The molecular weight excluding hydrogens is 252 g/mol. The van der Waals surface area contributed by atoms with Gasteiger partial charge in [-0.2, -0.15) is 0 Å². The van der Waals surface area contributed by atoms with Gasteiger partial charge in [-0.3, -0.25) is 0 Å². The number of hydrogen-bond donors (Lipinski definition) is 1. The molecular formula is C16H18N2O2. The molecule has 1 aromatic heterocycles. The Hall–Kier alpha value is -1.65. The molecule has 4 heteroatoms. The van der Waals surface area contributed by atoms with Crippen molar-refractivity contribution in [3.63, 3.8) is 0 Å². The Balaban J connectivity index is 1.81. The summed E-state index contributed by atoms with van der Waals surface area (Å²) in [6.45, 7) is 1.36. The third kappa shape index (κ3) is 1.72. The summed E-state index contributed by atoms with van der Waals surface area (Å²) in [5.74, 6) is 0.0918. The maximum Gasteiger partial charge on any atom is 0.0956 e. The third-order valence-electron chi connectivity index (χ3n) is 4.52. The van der Waals surface area contributed by atoms with Crippen LogP contribution in [0, 0.1) is 5.92 Å².